The molecule has 0 radical (unpaired) electrons. The molecule has 4 rings (SSSR count). The van der Waals surface area contributed by atoms with Gasteiger partial charge in [0.1, 0.15) is 23.0 Å². The number of hydrogen-bond donors (Lipinski definition) is 1. The van der Waals surface area contributed by atoms with Crippen LogP contribution in [0.2, 0.25) is 5.02 Å². The predicted molar refractivity (Wildman–Crippen MR) is 136 cm³/mol. The molecular weight excluding hydrogens is 484 g/mol. The number of halogens is 1. The van der Waals surface area contributed by atoms with E-state index in [1.807, 2.05) is 13.0 Å². The number of nitrogens with zero attached hydrogens (tertiary/aromatic N) is 4. The molecule has 0 spiro atoms. The lowest BCUT2D eigenvalue weighted by atomic mass is 10.0. The maximum atomic E-state index is 13.9. The zero-order valence-electron chi connectivity index (χ0n) is 20.5. The van der Waals surface area contributed by atoms with E-state index < -0.39 is 17.3 Å². The molecule has 0 saturated carbocycles. The number of pyridine rings is 1. The SMILES string of the molecule is CCCCc1nc(O)c(C(=O)N2CC[C@@H](c3ccc(Cl)cn3)C2)c(=O)n1-c1c(OC)cccc1OC. The monoisotopic (exact) mass is 512 g/mol. The largest absolute Gasteiger partial charge is 0.494 e. The maximum absolute atomic E-state index is 13.9. The van der Waals surface area contributed by atoms with Crippen LogP contribution in [0, 0.1) is 0 Å². The van der Waals surface area contributed by atoms with Crippen molar-refractivity contribution in [1.82, 2.24) is 19.4 Å². The van der Waals surface area contributed by atoms with E-state index in [4.69, 9.17) is 21.1 Å². The molecule has 1 saturated heterocycles. The first-order valence-electron chi connectivity index (χ1n) is 11.9. The fourth-order valence-electron chi connectivity index (χ4n) is 4.50. The minimum absolute atomic E-state index is 0.00156. The third-order valence-electron chi connectivity index (χ3n) is 6.37. The number of unbranched alkanes of at least 4 members (excludes halogenated alkanes) is 1. The summed E-state index contributed by atoms with van der Waals surface area (Å²) in [6.45, 7) is 2.80. The molecule has 190 valence electrons. The van der Waals surface area contributed by atoms with Crippen LogP contribution < -0.4 is 15.0 Å². The number of methoxy groups -OCH3 is 2. The fourth-order valence-corrected chi connectivity index (χ4v) is 4.61. The van der Waals surface area contributed by atoms with Gasteiger partial charge in [-0.3, -0.25) is 19.1 Å². The molecule has 1 amide bonds. The van der Waals surface area contributed by atoms with Gasteiger partial charge in [-0.05, 0) is 37.1 Å². The average molecular weight is 513 g/mol. The zero-order chi connectivity index (χ0) is 25.8. The first-order chi connectivity index (χ1) is 17.4. The molecule has 2 aromatic heterocycles. The van der Waals surface area contributed by atoms with Gasteiger partial charge in [-0.1, -0.05) is 31.0 Å². The standard InChI is InChI=1S/C26H29ClN4O5/c1-4-5-9-21-29-24(32)22(26(34)31(21)23-19(35-2)7-6-8-20(23)36-3)25(33)30-13-12-16(15-30)18-11-10-17(27)14-28-18/h6-8,10-11,14,16,32H,4-5,9,12-13,15H2,1-3H3/t16-/m1/s1. The predicted octanol–water partition coefficient (Wildman–Crippen LogP) is 3.98. The van der Waals surface area contributed by atoms with Gasteiger partial charge >= 0.3 is 0 Å². The fraction of sp³-hybridized carbons (Fsp3) is 0.385. The van der Waals surface area contributed by atoms with Crippen molar-refractivity contribution in [3.8, 4) is 23.1 Å². The van der Waals surface area contributed by atoms with Crippen LogP contribution in [0.15, 0.2) is 41.3 Å². The molecule has 36 heavy (non-hydrogen) atoms. The molecule has 1 fully saturated rings. The first kappa shape index (κ1) is 25.5. The number of aromatic hydroxyl groups is 1. The van der Waals surface area contributed by atoms with Crippen molar-refractivity contribution in [2.24, 2.45) is 0 Å². The number of likely N-dealkylation sites (tertiary alicyclic amines) is 1. The van der Waals surface area contributed by atoms with Gasteiger partial charge in [0, 0.05) is 37.3 Å². The maximum Gasteiger partial charge on any atom is 0.275 e. The van der Waals surface area contributed by atoms with E-state index in [9.17, 15) is 14.7 Å². The summed E-state index contributed by atoms with van der Waals surface area (Å²) < 4.78 is 12.4. The second-order valence-electron chi connectivity index (χ2n) is 8.62. The lowest BCUT2D eigenvalue weighted by Gasteiger charge is -2.21. The molecule has 1 N–H and O–H groups in total. The quantitative estimate of drug-likeness (QED) is 0.486. The summed E-state index contributed by atoms with van der Waals surface area (Å²) in [6.07, 6.45) is 4.26. The highest BCUT2D eigenvalue weighted by Gasteiger charge is 2.33. The lowest BCUT2D eigenvalue weighted by molar-refractivity contribution is 0.0784. The molecule has 0 bridgehead atoms. The molecule has 1 aliphatic rings. The van der Waals surface area contributed by atoms with Crippen molar-refractivity contribution < 1.29 is 19.4 Å². The Labute approximate surface area is 214 Å². The molecule has 0 unspecified atom stereocenters. The van der Waals surface area contributed by atoms with Crippen LogP contribution in [0.1, 0.15) is 54.0 Å². The number of aryl methyl sites for hydroxylation is 1. The molecule has 3 heterocycles. The summed E-state index contributed by atoms with van der Waals surface area (Å²) in [5, 5.41) is 11.3. The van der Waals surface area contributed by atoms with Crippen LogP contribution in [0.25, 0.3) is 5.69 Å². The summed E-state index contributed by atoms with van der Waals surface area (Å²) in [7, 11) is 2.98. The molecule has 1 aliphatic heterocycles. The highest BCUT2D eigenvalue weighted by Crippen LogP contribution is 2.34. The van der Waals surface area contributed by atoms with Gasteiger partial charge in [0.05, 0.1) is 19.2 Å². The Morgan fingerprint density at radius 2 is 1.92 bits per heavy atom. The van der Waals surface area contributed by atoms with Crippen molar-refractivity contribution in [3.05, 3.63) is 69.0 Å². The summed E-state index contributed by atoms with van der Waals surface area (Å²) in [5.74, 6) is -0.0595. The van der Waals surface area contributed by atoms with Gasteiger partial charge in [0.25, 0.3) is 11.5 Å². The Bertz CT molecular complexity index is 1290. The number of ether oxygens (including phenoxy) is 2. The Morgan fingerprint density at radius 3 is 2.53 bits per heavy atom. The highest BCUT2D eigenvalue weighted by atomic mass is 35.5. The topological polar surface area (TPSA) is 107 Å². The normalized spacial score (nSPS) is 15.2. The summed E-state index contributed by atoms with van der Waals surface area (Å²) in [5.41, 5.74) is 0.107. The zero-order valence-corrected chi connectivity index (χ0v) is 21.3. The number of aromatic nitrogens is 3. The Kier molecular flexibility index (Phi) is 7.79. The van der Waals surface area contributed by atoms with Gasteiger partial charge in [-0.15, -0.1) is 0 Å². The second kappa shape index (κ2) is 11.0. The minimum atomic E-state index is -0.672. The van der Waals surface area contributed by atoms with E-state index >= 15 is 0 Å². The van der Waals surface area contributed by atoms with E-state index in [-0.39, 0.29) is 11.5 Å². The number of rotatable bonds is 8. The third kappa shape index (κ3) is 4.88. The smallest absolute Gasteiger partial charge is 0.275 e. The Hall–Kier alpha value is -3.59. The van der Waals surface area contributed by atoms with Crippen molar-refractivity contribution in [1.29, 1.82) is 0 Å². The van der Waals surface area contributed by atoms with Crippen molar-refractivity contribution in [2.45, 2.75) is 38.5 Å². The van der Waals surface area contributed by atoms with E-state index in [0.717, 1.165) is 18.5 Å². The van der Waals surface area contributed by atoms with Crippen molar-refractivity contribution >= 4 is 17.5 Å². The van der Waals surface area contributed by atoms with Crippen LogP contribution in [-0.2, 0) is 6.42 Å². The van der Waals surface area contributed by atoms with Crippen LogP contribution in [-0.4, -0.2) is 57.8 Å². The van der Waals surface area contributed by atoms with E-state index in [1.54, 1.807) is 35.4 Å². The van der Waals surface area contributed by atoms with Crippen LogP contribution in [0.3, 0.4) is 0 Å². The first-order valence-corrected chi connectivity index (χ1v) is 12.2. The number of benzene rings is 1. The lowest BCUT2D eigenvalue weighted by Crippen LogP contribution is -2.37. The number of amides is 1. The molecular formula is C26H29ClN4O5. The second-order valence-corrected chi connectivity index (χ2v) is 9.06. The summed E-state index contributed by atoms with van der Waals surface area (Å²) >= 11 is 5.95. The number of carbonyl (C=O) groups is 1. The van der Waals surface area contributed by atoms with E-state index in [0.29, 0.717) is 54.0 Å². The van der Waals surface area contributed by atoms with E-state index in [1.165, 1.54) is 18.8 Å². The van der Waals surface area contributed by atoms with E-state index in [2.05, 4.69) is 9.97 Å². The van der Waals surface area contributed by atoms with Crippen molar-refractivity contribution in [2.75, 3.05) is 27.3 Å². The minimum Gasteiger partial charge on any atom is -0.494 e. The van der Waals surface area contributed by atoms with Gasteiger partial charge in [-0.2, -0.15) is 4.98 Å². The highest BCUT2D eigenvalue weighted by molar-refractivity contribution is 6.30. The molecule has 9 nitrogen and oxygen atoms in total. The van der Waals surface area contributed by atoms with Crippen molar-refractivity contribution in [3.63, 3.8) is 0 Å². The number of para-hydroxylation sites is 1. The van der Waals surface area contributed by atoms with Crippen LogP contribution in [0.5, 0.6) is 17.4 Å². The number of carbonyl (C=O) groups excluding carboxylic acids is 1. The molecule has 1 atom stereocenters. The van der Waals surface area contributed by atoms with Gasteiger partial charge < -0.3 is 19.5 Å². The van der Waals surface area contributed by atoms with Gasteiger partial charge in [0.2, 0.25) is 5.88 Å². The molecule has 0 aliphatic carbocycles. The molecule has 3 aromatic rings. The summed E-state index contributed by atoms with van der Waals surface area (Å²) in [4.78, 5) is 37.7. The van der Waals surface area contributed by atoms with Gasteiger partial charge in [-0.25, -0.2) is 0 Å². The Balaban J connectivity index is 1.78. The summed E-state index contributed by atoms with van der Waals surface area (Å²) in [6, 6.07) is 8.74. The number of hydrogen-bond acceptors (Lipinski definition) is 7. The van der Waals surface area contributed by atoms with Crippen LogP contribution in [0.4, 0.5) is 0 Å². The average Bonchev–Trinajstić information content (AvgIpc) is 3.38. The third-order valence-corrected chi connectivity index (χ3v) is 6.59. The van der Waals surface area contributed by atoms with Gasteiger partial charge in [0.15, 0.2) is 5.56 Å². The molecule has 10 heteroatoms. The Morgan fingerprint density at radius 1 is 1.19 bits per heavy atom. The van der Waals surface area contributed by atoms with Crippen LogP contribution >= 0.6 is 11.6 Å². The molecule has 1 aromatic carbocycles.